The Bertz CT molecular complexity index is 410. The van der Waals surface area contributed by atoms with Crippen molar-refractivity contribution in [2.75, 3.05) is 5.32 Å². The van der Waals surface area contributed by atoms with Crippen molar-refractivity contribution in [3.05, 3.63) is 29.0 Å². The Kier molecular flexibility index (Phi) is 3.46. The highest BCUT2D eigenvalue weighted by molar-refractivity contribution is 6.33. The third-order valence-electron chi connectivity index (χ3n) is 1.42. The van der Waals surface area contributed by atoms with Crippen LogP contribution in [0.15, 0.2) is 18.2 Å². The molecule has 0 aromatic heterocycles. The average Bonchev–Trinajstić information content (AvgIpc) is 2.10. The smallest absolute Gasteiger partial charge is 0.326 e. The number of nitrogens with one attached hydrogen (secondary N) is 3. The van der Waals surface area contributed by atoms with Crippen molar-refractivity contribution in [1.82, 2.24) is 5.32 Å². The molecule has 0 unspecified atom stereocenters. The molecule has 80 valence electrons. The molecule has 0 fully saturated rings. The molecule has 0 radical (unpaired) electrons. The predicted octanol–water partition coefficient (Wildman–Crippen LogP) is 1.49. The highest BCUT2D eigenvalue weighted by Gasteiger charge is 2.06. The highest BCUT2D eigenvalue weighted by atomic mass is 35.5. The molecule has 5 nitrogen and oxygen atoms in total. The van der Waals surface area contributed by atoms with Gasteiger partial charge in [-0.3, -0.25) is 10.7 Å². The van der Waals surface area contributed by atoms with Crippen molar-refractivity contribution in [2.24, 2.45) is 5.73 Å². The van der Waals surface area contributed by atoms with Gasteiger partial charge in [0.2, 0.25) is 0 Å². The van der Waals surface area contributed by atoms with Gasteiger partial charge in [-0.25, -0.2) is 9.18 Å². The van der Waals surface area contributed by atoms with Crippen LogP contribution >= 0.6 is 11.6 Å². The van der Waals surface area contributed by atoms with Crippen molar-refractivity contribution in [3.8, 4) is 0 Å². The molecule has 5 N–H and O–H groups in total. The monoisotopic (exact) mass is 230 g/mol. The zero-order valence-corrected chi connectivity index (χ0v) is 8.23. The Hall–Kier alpha value is -1.82. The lowest BCUT2D eigenvalue weighted by Gasteiger charge is -2.07. The van der Waals surface area contributed by atoms with Crippen molar-refractivity contribution in [2.45, 2.75) is 0 Å². The summed E-state index contributed by atoms with van der Waals surface area (Å²) in [6.07, 6.45) is 0. The average molecular weight is 231 g/mol. The lowest BCUT2D eigenvalue weighted by atomic mass is 10.3. The quantitative estimate of drug-likeness (QED) is 0.435. The second-order valence-corrected chi connectivity index (χ2v) is 3.02. The van der Waals surface area contributed by atoms with E-state index in [1.807, 2.05) is 5.32 Å². The van der Waals surface area contributed by atoms with Crippen LogP contribution < -0.4 is 16.4 Å². The van der Waals surface area contributed by atoms with Crippen molar-refractivity contribution in [3.63, 3.8) is 0 Å². The predicted molar refractivity (Wildman–Crippen MR) is 55.5 cm³/mol. The van der Waals surface area contributed by atoms with Crippen LogP contribution in [0, 0.1) is 11.2 Å². The van der Waals surface area contributed by atoms with E-state index in [9.17, 15) is 9.18 Å². The summed E-state index contributed by atoms with van der Waals surface area (Å²) in [7, 11) is 0. The number of hydrogen-bond acceptors (Lipinski definition) is 2. The number of urea groups is 1. The lowest BCUT2D eigenvalue weighted by molar-refractivity contribution is 0.256. The number of nitrogens with two attached hydrogens (primary N) is 1. The summed E-state index contributed by atoms with van der Waals surface area (Å²) in [5.74, 6) is -1.04. The number of carbonyl (C=O) groups excluding carboxylic acids is 1. The molecule has 7 heteroatoms. The first-order valence-electron chi connectivity index (χ1n) is 3.86. The molecule has 0 spiro atoms. The van der Waals surface area contributed by atoms with Crippen LogP contribution in [-0.4, -0.2) is 12.0 Å². The fourth-order valence-electron chi connectivity index (χ4n) is 0.869. The largest absolute Gasteiger partial charge is 0.370 e. The summed E-state index contributed by atoms with van der Waals surface area (Å²) in [6, 6.07) is 2.77. The van der Waals surface area contributed by atoms with Crippen LogP contribution in [0.4, 0.5) is 14.9 Å². The van der Waals surface area contributed by atoms with Crippen LogP contribution in [0.5, 0.6) is 0 Å². The first-order chi connectivity index (χ1) is 6.99. The van der Waals surface area contributed by atoms with Gasteiger partial charge in [0.1, 0.15) is 5.82 Å². The van der Waals surface area contributed by atoms with E-state index < -0.39 is 17.8 Å². The zero-order chi connectivity index (χ0) is 11.4. The standard InChI is InChI=1S/C8H8ClFN4O/c9-5-2-1-4(10)3-6(5)13-8(15)14-7(11)12/h1-3H,(H5,11,12,13,14,15). The van der Waals surface area contributed by atoms with Gasteiger partial charge in [-0.1, -0.05) is 11.6 Å². The van der Waals surface area contributed by atoms with E-state index >= 15 is 0 Å². The molecular weight excluding hydrogens is 223 g/mol. The summed E-state index contributed by atoms with van der Waals surface area (Å²) < 4.78 is 12.8. The molecule has 0 aliphatic rings. The van der Waals surface area contributed by atoms with Gasteiger partial charge in [-0.15, -0.1) is 0 Å². The number of hydrogen-bond donors (Lipinski definition) is 4. The second kappa shape index (κ2) is 4.61. The molecule has 0 bridgehead atoms. The van der Waals surface area contributed by atoms with Crippen molar-refractivity contribution < 1.29 is 9.18 Å². The maximum absolute atomic E-state index is 12.8. The highest BCUT2D eigenvalue weighted by Crippen LogP contribution is 2.21. The molecule has 2 amide bonds. The van der Waals surface area contributed by atoms with Gasteiger partial charge in [0.15, 0.2) is 5.96 Å². The molecule has 1 aromatic rings. The number of carbonyl (C=O) groups is 1. The lowest BCUT2D eigenvalue weighted by Crippen LogP contribution is -2.38. The number of rotatable bonds is 1. The number of guanidine groups is 1. The third-order valence-corrected chi connectivity index (χ3v) is 1.75. The van der Waals surface area contributed by atoms with E-state index in [-0.39, 0.29) is 10.7 Å². The van der Waals surface area contributed by atoms with Crippen LogP contribution in [0.25, 0.3) is 0 Å². The summed E-state index contributed by atoms with van der Waals surface area (Å²) in [6.45, 7) is 0. The first kappa shape index (κ1) is 11.3. The van der Waals surface area contributed by atoms with E-state index in [2.05, 4.69) is 5.32 Å². The maximum Gasteiger partial charge on any atom is 0.326 e. The first-order valence-corrected chi connectivity index (χ1v) is 4.24. The van der Waals surface area contributed by atoms with Crippen molar-refractivity contribution >= 4 is 29.3 Å². The Morgan fingerprint density at radius 2 is 2.20 bits per heavy atom. The van der Waals surface area contributed by atoms with E-state index in [1.165, 1.54) is 6.07 Å². The van der Waals surface area contributed by atoms with Gasteiger partial charge in [-0.2, -0.15) is 0 Å². The molecule has 0 saturated carbocycles. The van der Waals surface area contributed by atoms with Gasteiger partial charge in [0.25, 0.3) is 0 Å². The molecule has 0 saturated heterocycles. The van der Waals surface area contributed by atoms with Crippen molar-refractivity contribution in [1.29, 1.82) is 5.41 Å². The molecule has 0 heterocycles. The normalized spacial score (nSPS) is 9.47. The summed E-state index contributed by atoms with van der Waals surface area (Å²) >= 11 is 5.68. The maximum atomic E-state index is 12.8. The van der Waals surface area contributed by atoms with E-state index in [0.717, 1.165) is 12.1 Å². The Morgan fingerprint density at radius 3 is 2.80 bits per heavy atom. The fraction of sp³-hybridized carbons (Fsp3) is 0. The van der Waals surface area contributed by atoms with E-state index in [0.29, 0.717) is 0 Å². The van der Waals surface area contributed by atoms with Gasteiger partial charge in [-0.05, 0) is 18.2 Å². The zero-order valence-electron chi connectivity index (χ0n) is 7.47. The molecule has 1 aromatic carbocycles. The minimum atomic E-state index is -0.755. The second-order valence-electron chi connectivity index (χ2n) is 2.62. The Labute approximate surface area is 89.9 Å². The van der Waals surface area contributed by atoms with E-state index in [1.54, 1.807) is 0 Å². The topological polar surface area (TPSA) is 91.0 Å². The SMILES string of the molecule is N=C(N)NC(=O)Nc1cc(F)ccc1Cl. The van der Waals surface area contributed by atoms with Crippen LogP contribution in [0.2, 0.25) is 5.02 Å². The number of amides is 2. The summed E-state index contributed by atoms with van der Waals surface area (Å²) in [4.78, 5) is 11.1. The molecule has 0 atom stereocenters. The third kappa shape index (κ3) is 3.43. The Morgan fingerprint density at radius 1 is 1.53 bits per heavy atom. The minimum Gasteiger partial charge on any atom is -0.370 e. The van der Waals surface area contributed by atoms with Crippen LogP contribution in [0.1, 0.15) is 0 Å². The van der Waals surface area contributed by atoms with Gasteiger partial charge >= 0.3 is 6.03 Å². The van der Waals surface area contributed by atoms with Gasteiger partial charge in [0, 0.05) is 0 Å². The molecule has 15 heavy (non-hydrogen) atoms. The van der Waals surface area contributed by atoms with Gasteiger partial charge in [0.05, 0.1) is 10.7 Å². The fourth-order valence-corrected chi connectivity index (χ4v) is 1.03. The minimum absolute atomic E-state index is 0.107. The summed E-state index contributed by atoms with van der Waals surface area (Å²) in [5, 5.41) is 11.2. The van der Waals surface area contributed by atoms with E-state index in [4.69, 9.17) is 22.7 Å². The number of anilines is 1. The number of halogens is 2. The van der Waals surface area contributed by atoms with Gasteiger partial charge < -0.3 is 11.1 Å². The summed E-state index contributed by atoms with van der Waals surface area (Å²) in [5.41, 5.74) is 5.03. The molecule has 0 aliphatic carbocycles. The van der Waals surface area contributed by atoms with Crippen LogP contribution in [-0.2, 0) is 0 Å². The molecule has 1 rings (SSSR count). The van der Waals surface area contributed by atoms with Crippen LogP contribution in [0.3, 0.4) is 0 Å². The molecular formula is C8H8ClFN4O. The molecule has 0 aliphatic heterocycles. The Balaban J connectivity index is 2.76. The number of benzene rings is 1.